The van der Waals surface area contributed by atoms with Crippen molar-refractivity contribution in [3.63, 3.8) is 0 Å². The maximum absolute atomic E-state index is 6.10. The third kappa shape index (κ3) is 7.08. The van der Waals surface area contributed by atoms with Crippen LogP contribution in [0.5, 0.6) is 0 Å². The van der Waals surface area contributed by atoms with E-state index < -0.39 is 0 Å². The summed E-state index contributed by atoms with van der Waals surface area (Å²) in [5, 5.41) is 4.54. The predicted molar refractivity (Wildman–Crippen MR) is 145 cm³/mol. The van der Waals surface area contributed by atoms with Crippen LogP contribution in [-0.2, 0) is 4.74 Å². The molecule has 0 N–H and O–H groups in total. The van der Waals surface area contributed by atoms with Crippen molar-refractivity contribution >= 4 is 17.3 Å². The summed E-state index contributed by atoms with van der Waals surface area (Å²) >= 11 is 0. The normalized spacial score (nSPS) is 25.7. The summed E-state index contributed by atoms with van der Waals surface area (Å²) < 4.78 is 8.20. The summed E-state index contributed by atoms with van der Waals surface area (Å²) in [6, 6.07) is 0.755. The largest absolute Gasteiger partial charge is 0.373 e. The molecule has 4 rings (SSSR count). The predicted octanol–water partition coefficient (Wildman–Crippen LogP) is 7.31. The molecule has 0 spiro atoms. The first-order valence-electron chi connectivity index (χ1n) is 13.1. The molecule has 0 bridgehead atoms. The Hall–Kier alpha value is -2.34. The lowest BCUT2D eigenvalue weighted by molar-refractivity contribution is -0.0144. The minimum absolute atomic E-state index is 0.105. The summed E-state index contributed by atoms with van der Waals surface area (Å²) in [7, 11) is 0. The van der Waals surface area contributed by atoms with Gasteiger partial charge in [0.05, 0.1) is 35.8 Å². The van der Waals surface area contributed by atoms with Gasteiger partial charge >= 0.3 is 0 Å². The SMILES string of the molecule is C=CC/C(C)=C1\N=C(C)C(C)=NC1=NC(C)[C@H]1CCO[C@@H](c2cnn(C3CC3)c2)C1.CC.CC. The van der Waals surface area contributed by atoms with E-state index in [1.807, 2.05) is 53.8 Å². The van der Waals surface area contributed by atoms with Crippen molar-refractivity contribution in [1.29, 1.82) is 0 Å². The number of amidine groups is 1. The van der Waals surface area contributed by atoms with Crippen molar-refractivity contribution in [2.24, 2.45) is 20.9 Å². The molecule has 2 aliphatic heterocycles. The summed E-state index contributed by atoms with van der Waals surface area (Å²) in [6.07, 6.45) is 11.4. The molecular formula is C28H45N5O. The molecule has 188 valence electrons. The number of nitrogens with zero attached hydrogens (tertiary/aromatic N) is 5. The van der Waals surface area contributed by atoms with Crippen LogP contribution in [0.1, 0.15) is 105 Å². The molecule has 6 nitrogen and oxygen atoms in total. The van der Waals surface area contributed by atoms with Gasteiger partial charge in [-0.3, -0.25) is 9.67 Å². The number of rotatable bonds is 6. The van der Waals surface area contributed by atoms with Crippen molar-refractivity contribution in [2.45, 2.75) is 106 Å². The van der Waals surface area contributed by atoms with E-state index in [1.165, 1.54) is 18.4 Å². The van der Waals surface area contributed by atoms with Crippen molar-refractivity contribution in [1.82, 2.24) is 9.78 Å². The molecule has 1 unspecified atom stereocenters. The van der Waals surface area contributed by atoms with Gasteiger partial charge in [0.1, 0.15) is 5.70 Å². The Bertz CT molecular complexity index is 932. The van der Waals surface area contributed by atoms with Gasteiger partial charge in [0.15, 0.2) is 5.84 Å². The maximum Gasteiger partial charge on any atom is 0.174 e. The summed E-state index contributed by atoms with van der Waals surface area (Å²) in [5.74, 6) is 1.21. The van der Waals surface area contributed by atoms with Gasteiger partial charge in [-0.15, -0.1) is 6.58 Å². The van der Waals surface area contributed by atoms with Crippen LogP contribution in [0.15, 0.2) is 51.3 Å². The second kappa shape index (κ2) is 13.5. The van der Waals surface area contributed by atoms with Gasteiger partial charge in [-0.05, 0) is 71.3 Å². The van der Waals surface area contributed by atoms with Crippen LogP contribution in [0.4, 0.5) is 0 Å². The van der Waals surface area contributed by atoms with Gasteiger partial charge in [0.2, 0.25) is 0 Å². The van der Waals surface area contributed by atoms with Crippen molar-refractivity contribution < 1.29 is 4.74 Å². The van der Waals surface area contributed by atoms with E-state index in [-0.39, 0.29) is 12.1 Å². The number of hydrogen-bond acceptors (Lipinski definition) is 4. The Morgan fingerprint density at radius 3 is 2.50 bits per heavy atom. The highest BCUT2D eigenvalue weighted by Crippen LogP contribution is 2.38. The molecule has 3 aliphatic rings. The van der Waals surface area contributed by atoms with Crippen LogP contribution in [0.3, 0.4) is 0 Å². The van der Waals surface area contributed by atoms with E-state index in [0.717, 1.165) is 54.4 Å². The Kier molecular flexibility index (Phi) is 11.1. The Morgan fingerprint density at radius 2 is 1.85 bits per heavy atom. The van der Waals surface area contributed by atoms with E-state index in [4.69, 9.17) is 19.7 Å². The number of ether oxygens (including phenoxy) is 1. The molecule has 0 radical (unpaired) electrons. The third-order valence-corrected chi connectivity index (χ3v) is 6.39. The number of aliphatic imine (C=N–C) groups is 3. The third-order valence-electron chi connectivity index (χ3n) is 6.39. The minimum Gasteiger partial charge on any atom is -0.373 e. The van der Waals surface area contributed by atoms with Gasteiger partial charge in [-0.25, -0.2) is 9.98 Å². The van der Waals surface area contributed by atoms with Crippen LogP contribution < -0.4 is 0 Å². The smallest absolute Gasteiger partial charge is 0.174 e. The molecule has 1 aromatic rings. The highest BCUT2D eigenvalue weighted by molar-refractivity contribution is 6.44. The number of allylic oxidation sites excluding steroid dienone is 2. The fraction of sp³-hybridized carbons (Fsp3) is 0.643. The quantitative estimate of drug-likeness (QED) is 0.412. The second-order valence-electron chi connectivity index (χ2n) is 8.84. The fourth-order valence-electron chi connectivity index (χ4n) is 4.13. The molecule has 34 heavy (non-hydrogen) atoms. The van der Waals surface area contributed by atoms with Crippen LogP contribution in [0.2, 0.25) is 0 Å². The molecule has 6 heteroatoms. The molecule has 3 heterocycles. The summed E-state index contributed by atoms with van der Waals surface area (Å²) in [6.45, 7) is 20.9. The first-order valence-corrected chi connectivity index (χ1v) is 13.1. The van der Waals surface area contributed by atoms with E-state index in [2.05, 4.69) is 36.4 Å². The zero-order valence-corrected chi connectivity index (χ0v) is 22.6. The molecule has 2 fully saturated rings. The van der Waals surface area contributed by atoms with Crippen LogP contribution in [0, 0.1) is 5.92 Å². The Balaban J connectivity index is 0.000000970. The lowest BCUT2D eigenvalue weighted by Crippen LogP contribution is -2.28. The molecule has 0 aromatic carbocycles. The average molecular weight is 468 g/mol. The first-order chi connectivity index (χ1) is 16.5. The van der Waals surface area contributed by atoms with Gasteiger partial charge < -0.3 is 4.74 Å². The average Bonchev–Trinajstić information content (AvgIpc) is 3.60. The fourth-order valence-corrected chi connectivity index (χ4v) is 4.13. The zero-order valence-electron chi connectivity index (χ0n) is 22.6. The monoisotopic (exact) mass is 467 g/mol. The van der Waals surface area contributed by atoms with Crippen molar-refractivity contribution in [3.05, 3.63) is 41.9 Å². The minimum atomic E-state index is 0.105. The maximum atomic E-state index is 6.10. The van der Waals surface area contributed by atoms with Crippen LogP contribution in [-0.4, -0.2) is 39.7 Å². The van der Waals surface area contributed by atoms with E-state index in [0.29, 0.717) is 12.0 Å². The van der Waals surface area contributed by atoms with Gasteiger partial charge in [-0.2, -0.15) is 5.10 Å². The summed E-state index contributed by atoms with van der Waals surface area (Å²) in [5.41, 5.74) is 5.15. The van der Waals surface area contributed by atoms with Crippen LogP contribution in [0.25, 0.3) is 0 Å². The van der Waals surface area contributed by atoms with Crippen LogP contribution >= 0.6 is 0 Å². The molecular weight excluding hydrogens is 422 g/mol. The molecule has 1 saturated carbocycles. The van der Waals surface area contributed by atoms with E-state index >= 15 is 0 Å². The van der Waals surface area contributed by atoms with E-state index in [9.17, 15) is 0 Å². The lowest BCUT2D eigenvalue weighted by Gasteiger charge is -2.31. The van der Waals surface area contributed by atoms with Gasteiger partial charge in [-0.1, -0.05) is 33.8 Å². The van der Waals surface area contributed by atoms with E-state index in [1.54, 1.807) is 0 Å². The highest BCUT2D eigenvalue weighted by atomic mass is 16.5. The first kappa shape index (κ1) is 27.9. The molecule has 3 atom stereocenters. The Labute approximate surface area is 207 Å². The molecule has 1 saturated heterocycles. The summed E-state index contributed by atoms with van der Waals surface area (Å²) in [4.78, 5) is 14.6. The molecule has 0 amide bonds. The molecule has 1 aliphatic carbocycles. The highest BCUT2D eigenvalue weighted by Gasteiger charge is 2.31. The lowest BCUT2D eigenvalue weighted by atomic mass is 9.88. The Morgan fingerprint density at radius 1 is 1.18 bits per heavy atom. The van der Waals surface area contributed by atoms with Crippen molar-refractivity contribution in [3.8, 4) is 0 Å². The molecule has 1 aromatic heterocycles. The number of hydrogen-bond donors (Lipinski definition) is 0. The van der Waals surface area contributed by atoms with Gasteiger partial charge in [0, 0.05) is 18.4 Å². The van der Waals surface area contributed by atoms with Crippen molar-refractivity contribution in [2.75, 3.05) is 6.61 Å². The van der Waals surface area contributed by atoms with Gasteiger partial charge in [0.25, 0.3) is 0 Å². The second-order valence-corrected chi connectivity index (χ2v) is 8.84. The number of aromatic nitrogens is 2. The standard InChI is InChI=1S/C24H33N5O.2C2H6/c1-6-7-15(2)23-24(27-17(4)16(3)26-23)28-18(5)19-10-11-30-22(12-19)20-13-25-29(14-20)21-8-9-21;2*1-2/h6,13-14,18-19,21-22H,1,7-12H2,2-5H3;2*1-2H3/b23-15-,28-24?;;/t18?,19-,22+;;/m0../s1. The topological polar surface area (TPSA) is 64.1 Å². The zero-order chi connectivity index (χ0) is 25.3.